The van der Waals surface area contributed by atoms with Crippen LogP contribution in [0.3, 0.4) is 0 Å². The summed E-state index contributed by atoms with van der Waals surface area (Å²) in [4.78, 5) is 4.49. The van der Waals surface area contributed by atoms with E-state index in [2.05, 4.69) is 9.55 Å². The molecule has 0 atom stereocenters. The monoisotopic (exact) mass is 249 g/mol. The Hall–Kier alpha value is -1.59. The van der Waals surface area contributed by atoms with E-state index in [9.17, 15) is 0 Å². The Morgan fingerprint density at radius 3 is 3.00 bits per heavy atom. The average molecular weight is 249 g/mol. The topological polar surface area (TPSA) is 73.3 Å². The van der Waals surface area contributed by atoms with Gasteiger partial charge in [-0.15, -0.1) is 0 Å². The second-order valence-electron chi connectivity index (χ2n) is 4.25. The minimum atomic E-state index is 0.0757. The number of nitrogen functional groups attached to an aromatic ring is 1. The van der Waals surface area contributed by atoms with Gasteiger partial charge in [-0.3, -0.25) is 0 Å². The van der Waals surface area contributed by atoms with Gasteiger partial charge in [0.05, 0.1) is 24.2 Å². The predicted molar refractivity (Wildman–Crippen MR) is 71.4 cm³/mol. The quantitative estimate of drug-likeness (QED) is 0.598. The second-order valence-corrected chi connectivity index (χ2v) is 4.25. The van der Waals surface area contributed by atoms with Crippen LogP contribution in [0.4, 0.5) is 5.69 Å². The highest BCUT2D eigenvalue weighted by Crippen LogP contribution is 2.19. The summed E-state index contributed by atoms with van der Waals surface area (Å²) in [5.74, 6) is 0.984. The molecule has 0 aliphatic rings. The number of aliphatic hydroxyl groups excluding tert-OH is 1. The maximum atomic E-state index is 8.61. The molecule has 0 aliphatic heterocycles. The number of hydrogen-bond acceptors (Lipinski definition) is 4. The number of rotatable bonds is 6. The molecule has 18 heavy (non-hydrogen) atoms. The summed E-state index contributed by atoms with van der Waals surface area (Å²) in [5.41, 5.74) is 8.51. The van der Waals surface area contributed by atoms with Crippen molar-refractivity contribution in [1.82, 2.24) is 9.55 Å². The fourth-order valence-corrected chi connectivity index (χ4v) is 2.04. The van der Waals surface area contributed by atoms with E-state index < -0.39 is 0 Å². The number of benzene rings is 1. The lowest BCUT2D eigenvalue weighted by molar-refractivity contribution is 0.0889. The lowest BCUT2D eigenvalue weighted by atomic mass is 10.3. The first-order valence-corrected chi connectivity index (χ1v) is 6.13. The molecule has 0 amide bonds. The average Bonchev–Trinajstić information content (AvgIpc) is 2.64. The van der Waals surface area contributed by atoms with Crippen molar-refractivity contribution < 1.29 is 9.84 Å². The van der Waals surface area contributed by atoms with Crippen molar-refractivity contribution in [3.05, 3.63) is 24.0 Å². The Labute approximate surface area is 106 Å². The van der Waals surface area contributed by atoms with E-state index in [0.717, 1.165) is 35.5 Å². The molecular weight excluding hydrogens is 230 g/mol. The van der Waals surface area contributed by atoms with Crippen molar-refractivity contribution in [2.24, 2.45) is 0 Å². The van der Waals surface area contributed by atoms with Gasteiger partial charge in [0.15, 0.2) is 0 Å². The van der Waals surface area contributed by atoms with Crippen molar-refractivity contribution in [1.29, 1.82) is 0 Å². The number of anilines is 1. The first kappa shape index (κ1) is 12.9. The third-order valence-electron chi connectivity index (χ3n) is 2.87. The molecule has 0 unspecified atom stereocenters. The lowest BCUT2D eigenvalue weighted by Crippen LogP contribution is -2.06. The van der Waals surface area contributed by atoms with Crippen molar-refractivity contribution >= 4 is 16.7 Å². The summed E-state index contributed by atoms with van der Waals surface area (Å²) in [7, 11) is 0. The summed E-state index contributed by atoms with van der Waals surface area (Å²) in [6, 6.07) is 5.78. The molecule has 2 rings (SSSR count). The van der Waals surface area contributed by atoms with Crippen LogP contribution >= 0.6 is 0 Å². The van der Waals surface area contributed by atoms with Crippen LogP contribution in [0.25, 0.3) is 11.0 Å². The van der Waals surface area contributed by atoms with Crippen molar-refractivity contribution in [3.8, 4) is 0 Å². The summed E-state index contributed by atoms with van der Waals surface area (Å²) >= 11 is 0. The first-order valence-electron chi connectivity index (χ1n) is 6.13. The molecule has 0 saturated carbocycles. The molecule has 0 aliphatic carbocycles. The van der Waals surface area contributed by atoms with E-state index in [4.69, 9.17) is 15.6 Å². The fourth-order valence-electron chi connectivity index (χ4n) is 2.04. The maximum Gasteiger partial charge on any atom is 0.106 e. The highest BCUT2D eigenvalue weighted by atomic mass is 16.5. The Morgan fingerprint density at radius 1 is 1.39 bits per heavy atom. The molecule has 5 nitrogen and oxygen atoms in total. The Morgan fingerprint density at radius 2 is 2.22 bits per heavy atom. The number of fused-ring (bicyclic) bond motifs is 1. The zero-order valence-corrected chi connectivity index (χ0v) is 10.6. The van der Waals surface area contributed by atoms with Crippen molar-refractivity contribution in [3.63, 3.8) is 0 Å². The molecule has 1 heterocycles. The molecule has 0 bridgehead atoms. The predicted octanol–water partition coefficient (Wildman–Crippen LogP) is 1.33. The highest BCUT2D eigenvalue weighted by molar-refractivity contribution is 5.79. The van der Waals surface area contributed by atoms with E-state index in [1.54, 1.807) is 0 Å². The third kappa shape index (κ3) is 2.80. The summed E-state index contributed by atoms with van der Waals surface area (Å²) in [6.07, 6.45) is 0.899. The van der Waals surface area contributed by atoms with Crippen LogP contribution in [-0.4, -0.2) is 34.5 Å². The summed E-state index contributed by atoms with van der Waals surface area (Å²) in [5, 5.41) is 8.61. The largest absolute Gasteiger partial charge is 0.399 e. The zero-order valence-electron chi connectivity index (χ0n) is 10.6. The van der Waals surface area contributed by atoms with Crippen molar-refractivity contribution in [2.45, 2.75) is 19.9 Å². The third-order valence-corrected chi connectivity index (χ3v) is 2.87. The number of hydrogen-bond donors (Lipinski definition) is 2. The van der Waals surface area contributed by atoms with E-state index >= 15 is 0 Å². The van der Waals surface area contributed by atoms with Crippen LogP contribution in [0.1, 0.15) is 12.2 Å². The minimum Gasteiger partial charge on any atom is -0.399 e. The molecule has 0 saturated heterocycles. The number of ether oxygens (including phenoxy) is 1. The summed E-state index contributed by atoms with van der Waals surface area (Å²) < 4.78 is 7.41. The van der Waals surface area contributed by atoms with Crippen LogP contribution in [0.15, 0.2) is 18.2 Å². The zero-order chi connectivity index (χ0) is 13.0. The Kier molecular flexibility index (Phi) is 4.17. The van der Waals surface area contributed by atoms with Crippen LogP contribution in [0, 0.1) is 6.92 Å². The number of nitrogens with zero attached hydrogens (tertiary/aromatic N) is 2. The van der Waals surface area contributed by atoms with Gasteiger partial charge in [0, 0.05) is 18.8 Å². The van der Waals surface area contributed by atoms with Gasteiger partial charge in [-0.25, -0.2) is 4.98 Å². The van der Waals surface area contributed by atoms with Gasteiger partial charge < -0.3 is 20.1 Å². The van der Waals surface area contributed by atoms with Gasteiger partial charge in [-0.05, 0) is 31.5 Å². The number of aliphatic hydroxyl groups is 1. The fraction of sp³-hybridized carbons (Fsp3) is 0.462. The van der Waals surface area contributed by atoms with Gasteiger partial charge in [0.1, 0.15) is 5.82 Å². The van der Waals surface area contributed by atoms with E-state index in [0.29, 0.717) is 13.2 Å². The van der Waals surface area contributed by atoms with Crippen molar-refractivity contribution in [2.75, 3.05) is 25.6 Å². The molecule has 0 radical (unpaired) electrons. The van der Waals surface area contributed by atoms with Gasteiger partial charge in [-0.1, -0.05) is 0 Å². The lowest BCUT2D eigenvalue weighted by Gasteiger charge is -2.07. The molecule has 3 N–H and O–H groups in total. The molecular formula is C13H19N3O2. The molecule has 0 spiro atoms. The molecule has 5 heteroatoms. The first-order chi connectivity index (χ1) is 8.72. The second kappa shape index (κ2) is 5.84. The summed E-state index contributed by atoms with van der Waals surface area (Å²) in [6.45, 7) is 3.98. The SMILES string of the molecule is Cc1nc2cc(N)ccc2n1CCCOCCO. The van der Waals surface area contributed by atoms with Crippen LogP contribution in [0.2, 0.25) is 0 Å². The van der Waals surface area contributed by atoms with Crippen LogP contribution in [0.5, 0.6) is 0 Å². The van der Waals surface area contributed by atoms with Crippen LogP contribution < -0.4 is 5.73 Å². The number of imidazole rings is 1. The van der Waals surface area contributed by atoms with E-state index in [1.165, 1.54) is 0 Å². The van der Waals surface area contributed by atoms with Crippen LogP contribution in [-0.2, 0) is 11.3 Å². The molecule has 2 aromatic rings. The molecule has 1 aromatic carbocycles. The minimum absolute atomic E-state index is 0.0757. The molecule has 1 aromatic heterocycles. The molecule has 98 valence electrons. The van der Waals surface area contributed by atoms with Gasteiger partial charge >= 0.3 is 0 Å². The van der Waals surface area contributed by atoms with E-state index in [1.807, 2.05) is 25.1 Å². The standard InChI is InChI=1S/C13H19N3O2/c1-10-15-12-9-11(14)3-4-13(12)16(10)5-2-7-18-8-6-17/h3-4,9,17H,2,5-8,14H2,1H3. The normalized spacial score (nSPS) is 11.2. The maximum absolute atomic E-state index is 8.61. The number of aryl methyl sites for hydroxylation is 2. The van der Waals surface area contributed by atoms with E-state index in [-0.39, 0.29) is 6.61 Å². The van der Waals surface area contributed by atoms with Gasteiger partial charge in [0.2, 0.25) is 0 Å². The van der Waals surface area contributed by atoms with Gasteiger partial charge in [0.25, 0.3) is 0 Å². The highest BCUT2D eigenvalue weighted by Gasteiger charge is 2.06. The number of aromatic nitrogens is 2. The smallest absolute Gasteiger partial charge is 0.106 e. The Balaban J connectivity index is 2.05. The van der Waals surface area contributed by atoms with Gasteiger partial charge in [-0.2, -0.15) is 0 Å². The molecule has 0 fully saturated rings. The number of nitrogens with two attached hydrogens (primary N) is 1. The Bertz CT molecular complexity index is 522.